The predicted octanol–water partition coefficient (Wildman–Crippen LogP) is 7.83. The van der Waals surface area contributed by atoms with Gasteiger partial charge in [-0.3, -0.25) is 0 Å². The van der Waals surface area contributed by atoms with Crippen LogP contribution in [-0.4, -0.2) is 4.40 Å². The fraction of sp³-hybridized carbons (Fsp3) is 0.323. The highest BCUT2D eigenvalue weighted by Gasteiger charge is 2.26. The Morgan fingerprint density at radius 2 is 1.70 bits per heavy atom. The van der Waals surface area contributed by atoms with Gasteiger partial charge in [-0.2, -0.15) is 0 Å². The van der Waals surface area contributed by atoms with Crippen LogP contribution in [0.4, 0.5) is 0 Å². The fourth-order valence-electron chi connectivity index (χ4n) is 5.91. The highest BCUT2D eigenvalue weighted by Crippen LogP contribution is 2.43. The van der Waals surface area contributed by atoms with Gasteiger partial charge in [0.05, 0.1) is 27.3 Å². The van der Waals surface area contributed by atoms with Crippen LogP contribution < -0.4 is 4.57 Å². The van der Waals surface area contributed by atoms with Crippen LogP contribution >= 0.6 is 0 Å². The summed E-state index contributed by atoms with van der Waals surface area (Å²) in [6.07, 6.45) is 3.29. The molecule has 0 saturated carbocycles. The number of fused-ring (bicyclic) bond motifs is 5. The normalized spacial score (nSPS) is 13.1. The Morgan fingerprint density at radius 3 is 2.42 bits per heavy atom. The van der Waals surface area contributed by atoms with Gasteiger partial charge in [0.25, 0.3) is 0 Å². The Balaban J connectivity index is 1.97. The SMILES string of the molecule is Cc1ccc2c3c(CC(C)(C)C)cccc3n3c4cc(C(C)C)cc5cc[n+](C)c(c1c23)c54. The first-order chi connectivity index (χ1) is 15.7. The average Bonchev–Trinajstić information content (AvgIpc) is 3.08. The summed E-state index contributed by atoms with van der Waals surface area (Å²) in [5.74, 6) is 0.482. The molecule has 0 spiro atoms. The van der Waals surface area contributed by atoms with E-state index in [1.54, 1.807) is 0 Å². The monoisotopic (exact) mass is 433 g/mol. The predicted molar refractivity (Wildman–Crippen MR) is 142 cm³/mol. The molecule has 0 saturated heterocycles. The van der Waals surface area contributed by atoms with Crippen molar-refractivity contribution in [1.82, 2.24) is 4.40 Å². The zero-order chi connectivity index (χ0) is 23.2. The van der Waals surface area contributed by atoms with Crippen molar-refractivity contribution in [2.24, 2.45) is 12.5 Å². The van der Waals surface area contributed by atoms with E-state index in [-0.39, 0.29) is 5.41 Å². The van der Waals surface area contributed by atoms with Gasteiger partial charge in [0.1, 0.15) is 7.05 Å². The van der Waals surface area contributed by atoms with Gasteiger partial charge in [0.2, 0.25) is 5.52 Å². The summed E-state index contributed by atoms with van der Waals surface area (Å²) < 4.78 is 4.89. The zero-order valence-electron chi connectivity index (χ0n) is 20.9. The van der Waals surface area contributed by atoms with Crippen LogP contribution in [0.5, 0.6) is 0 Å². The number of hydrogen-bond donors (Lipinski definition) is 0. The summed E-state index contributed by atoms with van der Waals surface area (Å²) in [5.41, 5.74) is 9.78. The molecule has 6 rings (SSSR count). The van der Waals surface area contributed by atoms with E-state index in [9.17, 15) is 0 Å². The van der Waals surface area contributed by atoms with E-state index in [1.807, 2.05) is 0 Å². The second-order valence-electron chi connectivity index (χ2n) is 11.5. The van der Waals surface area contributed by atoms with Gasteiger partial charge in [-0.25, -0.2) is 4.57 Å². The summed E-state index contributed by atoms with van der Waals surface area (Å²) in [5, 5.41) is 6.87. The molecule has 0 fully saturated rings. The van der Waals surface area contributed by atoms with Gasteiger partial charge in [0.15, 0.2) is 6.20 Å². The second kappa shape index (κ2) is 6.70. The molecule has 2 nitrogen and oxygen atoms in total. The molecular formula is C31H33N2+. The number of aromatic nitrogens is 2. The maximum absolute atomic E-state index is 2.57. The molecule has 3 heterocycles. The maximum Gasteiger partial charge on any atom is 0.224 e. The molecule has 6 aromatic rings. The van der Waals surface area contributed by atoms with Crippen molar-refractivity contribution in [3.05, 3.63) is 71.4 Å². The first kappa shape index (κ1) is 20.5. The van der Waals surface area contributed by atoms with Gasteiger partial charge >= 0.3 is 0 Å². The van der Waals surface area contributed by atoms with Gasteiger partial charge in [-0.15, -0.1) is 0 Å². The number of aryl methyl sites for hydroxylation is 2. The molecule has 0 N–H and O–H groups in total. The Hall–Kier alpha value is -3.13. The van der Waals surface area contributed by atoms with Crippen LogP contribution in [0.25, 0.3) is 49.0 Å². The summed E-state index contributed by atoms with van der Waals surface area (Å²) in [4.78, 5) is 0. The van der Waals surface area contributed by atoms with E-state index < -0.39 is 0 Å². The van der Waals surface area contributed by atoms with Crippen molar-refractivity contribution in [3.63, 3.8) is 0 Å². The molecule has 0 radical (unpaired) electrons. The molecule has 0 aliphatic rings. The third kappa shape index (κ3) is 2.83. The van der Waals surface area contributed by atoms with Gasteiger partial charge in [-0.1, -0.05) is 65.0 Å². The van der Waals surface area contributed by atoms with E-state index in [2.05, 4.69) is 112 Å². The Kier molecular flexibility index (Phi) is 4.15. The molecule has 2 heteroatoms. The largest absolute Gasteiger partial charge is 0.307 e. The van der Waals surface area contributed by atoms with Crippen LogP contribution in [0.2, 0.25) is 0 Å². The molecule has 0 unspecified atom stereocenters. The van der Waals surface area contributed by atoms with E-state index in [1.165, 1.54) is 65.7 Å². The molecule has 3 aromatic carbocycles. The van der Waals surface area contributed by atoms with Crippen molar-refractivity contribution < 1.29 is 4.57 Å². The molecule has 0 amide bonds. The smallest absolute Gasteiger partial charge is 0.224 e. The number of nitrogens with zero attached hydrogens (tertiary/aromatic N) is 2. The maximum atomic E-state index is 2.57. The first-order valence-electron chi connectivity index (χ1n) is 12.2. The van der Waals surface area contributed by atoms with E-state index in [0.29, 0.717) is 5.92 Å². The first-order valence-corrected chi connectivity index (χ1v) is 12.2. The summed E-state index contributed by atoms with van der Waals surface area (Å²) >= 11 is 0. The van der Waals surface area contributed by atoms with Crippen LogP contribution in [0.1, 0.15) is 57.2 Å². The molecule has 33 heavy (non-hydrogen) atoms. The Morgan fingerprint density at radius 1 is 0.909 bits per heavy atom. The summed E-state index contributed by atoms with van der Waals surface area (Å²) in [7, 11) is 2.19. The highest BCUT2D eigenvalue weighted by molar-refractivity contribution is 6.26. The molecule has 3 aromatic heterocycles. The second-order valence-corrected chi connectivity index (χ2v) is 11.5. The Bertz CT molecular complexity index is 1710. The molecule has 0 atom stereocenters. The average molecular weight is 434 g/mol. The number of benzene rings is 3. The third-order valence-electron chi connectivity index (χ3n) is 7.35. The Labute approximate surface area is 195 Å². The highest BCUT2D eigenvalue weighted by atomic mass is 15.0. The van der Waals surface area contributed by atoms with Crippen LogP contribution in [0.3, 0.4) is 0 Å². The van der Waals surface area contributed by atoms with Gasteiger partial charge < -0.3 is 4.40 Å². The van der Waals surface area contributed by atoms with Gasteiger partial charge in [-0.05, 0) is 58.9 Å². The van der Waals surface area contributed by atoms with Crippen molar-refractivity contribution in [2.75, 3.05) is 0 Å². The van der Waals surface area contributed by atoms with Crippen LogP contribution in [0, 0.1) is 12.3 Å². The minimum atomic E-state index is 0.233. The number of rotatable bonds is 2. The standard InChI is InChI=1S/C31H33N2/c1-18(2)22-15-20-13-14-32(7)30-26-19(3)11-12-23-27-21(17-31(4,5)6)9-8-10-24(27)33(29(23)26)25(16-22)28(20)30/h8-16,18H,17H2,1-7H3/q+1. The minimum absolute atomic E-state index is 0.233. The van der Waals surface area contributed by atoms with Crippen molar-refractivity contribution in [3.8, 4) is 0 Å². The lowest BCUT2D eigenvalue weighted by Crippen LogP contribution is -2.29. The fourth-order valence-corrected chi connectivity index (χ4v) is 5.91. The quantitative estimate of drug-likeness (QED) is 0.149. The van der Waals surface area contributed by atoms with E-state index >= 15 is 0 Å². The molecule has 0 aliphatic heterocycles. The topological polar surface area (TPSA) is 8.29 Å². The lowest BCUT2D eigenvalue weighted by Gasteiger charge is -2.19. The van der Waals surface area contributed by atoms with Gasteiger partial charge in [0, 0.05) is 16.8 Å². The van der Waals surface area contributed by atoms with E-state index in [0.717, 1.165) is 6.42 Å². The van der Waals surface area contributed by atoms with Crippen molar-refractivity contribution in [1.29, 1.82) is 0 Å². The van der Waals surface area contributed by atoms with E-state index in [4.69, 9.17) is 0 Å². The molecule has 0 bridgehead atoms. The van der Waals surface area contributed by atoms with Crippen molar-refractivity contribution >= 4 is 49.0 Å². The molecule has 166 valence electrons. The number of hydrogen-bond acceptors (Lipinski definition) is 0. The minimum Gasteiger partial charge on any atom is -0.307 e. The third-order valence-corrected chi connectivity index (χ3v) is 7.35. The van der Waals surface area contributed by atoms with Crippen LogP contribution in [-0.2, 0) is 13.5 Å². The summed E-state index contributed by atoms with van der Waals surface area (Å²) in [6.45, 7) is 13.9. The molecular weight excluding hydrogens is 400 g/mol. The molecule has 0 aliphatic carbocycles. The van der Waals surface area contributed by atoms with Crippen molar-refractivity contribution in [2.45, 2.75) is 53.9 Å². The lowest BCUT2D eigenvalue weighted by atomic mass is 9.86. The number of pyridine rings is 2. The zero-order valence-corrected chi connectivity index (χ0v) is 20.9. The summed E-state index contributed by atoms with van der Waals surface area (Å²) in [6, 6.07) is 18.7. The lowest BCUT2D eigenvalue weighted by molar-refractivity contribution is -0.643. The van der Waals surface area contributed by atoms with Crippen LogP contribution in [0.15, 0.2) is 54.7 Å².